The maximum atomic E-state index is 12.5. The standard InChI is InChI=1S/C16H12N2O4S/c19-23(20,13-5-6-15-16(8-13)22-10-21-15)18-12-7-11-3-1-2-4-14(11)17-9-12/h1-9,18H,10H2. The summed E-state index contributed by atoms with van der Waals surface area (Å²) in [6.45, 7) is 0.0981. The smallest absolute Gasteiger partial charge is 0.262 e. The average molecular weight is 328 g/mol. The van der Waals surface area contributed by atoms with E-state index in [4.69, 9.17) is 9.47 Å². The third-order valence-electron chi connectivity index (χ3n) is 3.50. The van der Waals surface area contributed by atoms with Gasteiger partial charge in [-0.3, -0.25) is 9.71 Å². The number of ether oxygens (including phenoxy) is 2. The van der Waals surface area contributed by atoms with E-state index < -0.39 is 10.0 Å². The van der Waals surface area contributed by atoms with Gasteiger partial charge in [0.25, 0.3) is 10.0 Å². The summed E-state index contributed by atoms with van der Waals surface area (Å²) in [6, 6.07) is 13.7. The summed E-state index contributed by atoms with van der Waals surface area (Å²) in [5.41, 5.74) is 1.21. The number of para-hydroxylation sites is 1. The summed E-state index contributed by atoms with van der Waals surface area (Å²) in [7, 11) is -3.73. The van der Waals surface area contributed by atoms with Gasteiger partial charge in [0.1, 0.15) is 0 Å². The predicted molar refractivity (Wildman–Crippen MR) is 85.1 cm³/mol. The second kappa shape index (κ2) is 5.13. The third kappa shape index (κ3) is 2.55. The molecule has 0 spiro atoms. The van der Waals surface area contributed by atoms with E-state index in [1.807, 2.05) is 24.3 Å². The van der Waals surface area contributed by atoms with Crippen molar-refractivity contribution in [3.05, 3.63) is 54.7 Å². The van der Waals surface area contributed by atoms with E-state index >= 15 is 0 Å². The molecule has 3 aromatic rings. The molecule has 0 atom stereocenters. The largest absolute Gasteiger partial charge is 0.454 e. The molecule has 1 aromatic heterocycles. The Labute approximate surface area is 132 Å². The van der Waals surface area contributed by atoms with Crippen LogP contribution in [0.5, 0.6) is 11.5 Å². The first-order valence-corrected chi connectivity index (χ1v) is 8.37. The molecule has 4 rings (SSSR count). The van der Waals surface area contributed by atoms with Crippen LogP contribution >= 0.6 is 0 Å². The van der Waals surface area contributed by atoms with Crippen molar-refractivity contribution in [3.63, 3.8) is 0 Å². The van der Waals surface area contributed by atoms with Gasteiger partial charge in [-0.25, -0.2) is 8.42 Å². The SMILES string of the molecule is O=S(=O)(Nc1cnc2ccccc2c1)c1ccc2c(c1)OCO2. The molecule has 7 heteroatoms. The Hall–Kier alpha value is -2.80. The lowest BCUT2D eigenvalue weighted by Crippen LogP contribution is -2.13. The number of anilines is 1. The third-order valence-corrected chi connectivity index (χ3v) is 4.88. The molecule has 0 fully saturated rings. The first-order chi connectivity index (χ1) is 11.1. The fourth-order valence-electron chi connectivity index (χ4n) is 2.38. The molecule has 23 heavy (non-hydrogen) atoms. The van der Waals surface area contributed by atoms with Crippen molar-refractivity contribution >= 4 is 26.6 Å². The molecule has 0 radical (unpaired) electrons. The lowest BCUT2D eigenvalue weighted by atomic mass is 10.2. The Kier molecular flexibility index (Phi) is 3.09. The minimum atomic E-state index is -3.73. The second-order valence-electron chi connectivity index (χ2n) is 5.04. The number of aromatic nitrogens is 1. The molecule has 1 aliphatic rings. The quantitative estimate of drug-likeness (QED) is 0.800. The summed E-state index contributed by atoms with van der Waals surface area (Å²) in [5.74, 6) is 0.959. The molecular formula is C16H12N2O4S. The average Bonchev–Trinajstić information content (AvgIpc) is 3.02. The van der Waals surface area contributed by atoms with Crippen molar-refractivity contribution in [1.82, 2.24) is 4.98 Å². The normalized spacial score (nSPS) is 13.2. The number of hydrogen-bond donors (Lipinski definition) is 1. The van der Waals surface area contributed by atoms with Gasteiger partial charge >= 0.3 is 0 Å². The van der Waals surface area contributed by atoms with E-state index in [0.29, 0.717) is 17.2 Å². The van der Waals surface area contributed by atoms with E-state index in [1.165, 1.54) is 18.3 Å². The Morgan fingerprint density at radius 3 is 2.74 bits per heavy atom. The van der Waals surface area contributed by atoms with Gasteiger partial charge in [-0.15, -0.1) is 0 Å². The van der Waals surface area contributed by atoms with Gasteiger partial charge in [-0.2, -0.15) is 0 Å². The van der Waals surface area contributed by atoms with Gasteiger partial charge < -0.3 is 9.47 Å². The Morgan fingerprint density at radius 1 is 1.00 bits per heavy atom. The highest BCUT2D eigenvalue weighted by molar-refractivity contribution is 7.92. The van der Waals surface area contributed by atoms with E-state index in [1.54, 1.807) is 12.1 Å². The summed E-state index contributed by atoms with van der Waals surface area (Å²) < 4.78 is 37.9. The van der Waals surface area contributed by atoms with Crippen LogP contribution in [0, 0.1) is 0 Å². The summed E-state index contributed by atoms with van der Waals surface area (Å²) in [6.07, 6.45) is 1.49. The number of rotatable bonds is 3. The van der Waals surface area contributed by atoms with Crippen LogP contribution in [0.2, 0.25) is 0 Å². The molecule has 116 valence electrons. The highest BCUT2D eigenvalue weighted by atomic mass is 32.2. The zero-order valence-electron chi connectivity index (χ0n) is 11.9. The fourth-order valence-corrected chi connectivity index (χ4v) is 3.43. The number of pyridine rings is 1. The van der Waals surface area contributed by atoms with Crippen molar-refractivity contribution in [2.45, 2.75) is 4.90 Å². The molecular weight excluding hydrogens is 316 g/mol. The van der Waals surface area contributed by atoms with Crippen LogP contribution in [-0.4, -0.2) is 20.2 Å². The van der Waals surface area contributed by atoms with Crippen LogP contribution < -0.4 is 14.2 Å². The lowest BCUT2D eigenvalue weighted by Gasteiger charge is -2.09. The molecule has 2 heterocycles. The van der Waals surface area contributed by atoms with Crippen molar-refractivity contribution in [2.75, 3.05) is 11.5 Å². The van der Waals surface area contributed by atoms with Gasteiger partial charge in [0.15, 0.2) is 11.5 Å². The summed E-state index contributed by atoms with van der Waals surface area (Å²) >= 11 is 0. The number of sulfonamides is 1. The molecule has 1 aliphatic heterocycles. The zero-order valence-corrected chi connectivity index (χ0v) is 12.7. The highest BCUT2D eigenvalue weighted by Gasteiger charge is 2.20. The van der Waals surface area contributed by atoms with E-state index in [9.17, 15) is 8.42 Å². The molecule has 0 bridgehead atoms. The number of fused-ring (bicyclic) bond motifs is 2. The van der Waals surface area contributed by atoms with Crippen LogP contribution in [0.15, 0.2) is 59.6 Å². The Morgan fingerprint density at radius 2 is 1.83 bits per heavy atom. The van der Waals surface area contributed by atoms with Crippen LogP contribution in [0.4, 0.5) is 5.69 Å². The highest BCUT2D eigenvalue weighted by Crippen LogP contribution is 2.34. The molecule has 0 unspecified atom stereocenters. The van der Waals surface area contributed by atoms with E-state index in [2.05, 4.69) is 9.71 Å². The first-order valence-electron chi connectivity index (χ1n) is 6.89. The van der Waals surface area contributed by atoms with Gasteiger partial charge in [0.2, 0.25) is 6.79 Å². The molecule has 0 aliphatic carbocycles. The molecule has 0 saturated heterocycles. The minimum absolute atomic E-state index is 0.0981. The predicted octanol–water partition coefficient (Wildman–Crippen LogP) is 2.76. The van der Waals surface area contributed by atoms with Crippen LogP contribution in [-0.2, 0) is 10.0 Å². The Balaban J connectivity index is 1.68. The zero-order chi connectivity index (χ0) is 15.9. The van der Waals surface area contributed by atoms with Crippen molar-refractivity contribution in [3.8, 4) is 11.5 Å². The second-order valence-corrected chi connectivity index (χ2v) is 6.72. The first kappa shape index (κ1) is 13.8. The maximum absolute atomic E-state index is 12.5. The van der Waals surface area contributed by atoms with Crippen LogP contribution in [0.25, 0.3) is 10.9 Å². The molecule has 0 saturated carbocycles. The van der Waals surface area contributed by atoms with Crippen LogP contribution in [0.1, 0.15) is 0 Å². The monoisotopic (exact) mass is 328 g/mol. The van der Waals surface area contributed by atoms with Crippen molar-refractivity contribution in [2.24, 2.45) is 0 Å². The van der Waals surface area contributed by atoms with Crippen molar-refractivity contribution in [1.29, 1.82) is 0 Å². The summed E-state index contributed by atoms with van der Waals surface area (Å²) in [5, 5.41) is 0.860. The van der Waals surface area contributed by atoms with E-state index in [0.717, 1.165) is 10.9 Å². The number of benzene rings is 2. The fraction of sp³-hybridized carbons (Fsp3) is 0.0625. The summed E-state index contributed by atoms with van der Waals surface area (Å²) in [4.78, 5) is 4.35. The Bertz CT molecular complexity index is 1000. The number of nitrogens with one attached hydrogen (secondary N) is 1. The minimum Gasteiger partial charge on any atom is -0.454 e. The molecule has 0 amide bonds. The van der Waals surface area contributed by atoms with Crippen molar-refractivity contribution < 1.29 is 17.9 Å². The number of hydrogen-bond acceptors (Lipinski definition) is 5. The maximum Gasteiger partial charge on any atom is 0.262 e. The van der Waals surface area contributed by atoms with E-state index in [-0.39, 0.29) is 11.7 Å². The number of nitrogens with zero attached hydrogens (tertiary/aromatic N) is 1. The molecule has 1 N–H and O–H groups in total. The lowest BCUT2D eigenvalue weighted by molar-refractivity contribution is 0.174. The topological polar surface area (TPSA) is 77.5 Å². The van der Waals surface area contributed by atoms with Gasteiger partial charge in [-0.1, -0.05) is 18.2 Å². The van der Waals surface area contributed by atoms with Gasteiger partial charge in [0.05, 0.1) is 22.3 Å². The van der Waals surface area contributed by atoms with Crippen LogP contribution in [0.3, 0.4) is 0 Å². The molecule has 6 nitrogen and oxygen atoms in total. The van der Waals surface area contributed by atoms with Gasteiger partial charge in [0, 0.05) is 11.5 Å². The van der Waals surface area contributed by atoms with Gasteiger partial charge in [-0.05, 0) is 24.3 Å². The molecule has 2 aromatic carbocycles.